The Morgan fingerprint density at radius 2 is 1.68 bits per heavy atom. The molecule has 0 saturated carbocycles. The fourth-order valence-corrected chi connectivity index (χ4v) is 4.06. The molecule has 3 aromatic carbocycles. The summed E-state index contributed by atoms with van der Waals surface area (Å²) >= 11 is 5.52. The van der Waals surface area contributed by atoms with E-state index < -0.39 is 52.2 Å². The number of hydrogen-bond acceptors (Lipinski definition) is 3. The number of rotatable bonds is 3. The number of benzene rings is 3. The van der Waals surface area contributed by atoms with Crippen molar-refractivity contribution in [3.8, 4) is 0 Å². The lowest BCUT2D eigenvalue weighted by molar-refractivity contribution is -0.276. The van der Waals surface area contributed by atoms with Gasteiger partial charge in [-0.3, -0.25) is 4.79 Å². The minimum atomic E-state index is -5.38. The highest BCUT2D eigenvalue weighted by molar-refractivity contribution is 6.31. The van der Waals surface area contributed by atoms with Crippen LogP contribution in [0.2, 0.25) is 5.02 Å². The predicted octanol–water partition coefficient (Wildman–Crippen LogP) is 6.33. The number of nitrogens with zero attached hydrogens (tertiary/aromatic N) is 1. The Kier molecular flexibility index (Phi) is 5.51. The third-order valence-electron chi connectivity index (χ3n) is 5.48. The van der Waals surface area contributed by atoms with E-state index >= 15 is 0 Å². The number of fused-ring (bicyclic) bond motifs is 1. The number of halogens is 8. The maximum absolute atomic E-state index is 14.7. The van der Waals surface area contributed by atoms with Crippen LogP contribution in [0.1, 0.15) is 33.5 Å². The van der Waals surface area contributed by atoms with E-state index in [1.54, 1.807) is 12.1 Å². The summed E-state index contributed by atoms with van der Waals surface area (Å²) in [6, 6.07) is 8.90. The van der Waals surface area contributed by atoms with Gasteiger partial charge in [0, 0.05) is 16.7 Å². The number of nitrogens with two attached hydrogens (primary N) is 1. The maximum atomic E-state index is 14.7. The largest absolute Gasteiger partial charge is 0.435 e. The first-order valence-corrected chi connectivity index (χ1v) is 9.84. The molecule has 2 N–H and O–H groups in total. The molecule has 0 aliphatic carbocycles. The first-order valence-electron chi connectivity index (χ1n) is 9.46. The molecule has 3 aromatic rings. The molecule has 178 valence electrons. The van der Waals surface area contributed by atoms with Crippen molar-refractivity contribution < 1.29 is 40.4 Å². The zero-order chi connectivity index (χ0) is 25.1. The summed E-state index contributed by atoms with van der Waals surface area (Å²) in [4.78, 5) is 16.4. The van der Waals surface area contributed by atoms with Crippen LogP contribution in [0.25, 0.3) is 10.8 Å². The second-order valence-electron chi connectivity index (χ2n) is 7.52. The molecule has 1 aliphatic rings. The lowest BCUT2D eigenvalue weighted by Gasteiger charge is -2.30. The summed E-state index contributed by atoms with van der Waals surface area (Å²) in [5.41, 5.74) is -1.37. The van der Waals surface area contributed by atoms with Gasteiger partial charge in [0.05, 0.1) is 22.7 Å². The van der Waals surface area contributed by atoms with E-state index in [0.717, 1.165) is 0 Å². The molecule has 0 radical (unpaired) electrons. The van der Waals surface area contributed by atoms with Crippen molar-refractivity contribution >= 4 is 34.0 Å². The van der Waals surface area contributed by atoms with Gasteiger partial charge in [0.25, 0.3) is 5.60 Å². The van der Waals surface area contributed by atoms with Gasteiger partial charge in [0.15, 0.2) is 0 Å². The Bertz CT molecular complexity index is 1350. The summed E-state index contributed by atoms with van der Waals surface area (Å²) in [7, 11) is 0. The molecular weight excluding hydrogens is 493 g/mol. The average Bonchev–Trinajstić information content (AvgIpc) is 3.20. The van der Waals surface area contributed by atoms with Gasteiger partial charge < -0.3 is 10.6 Å². The van der Waals surface area contributed by atoms with Crippen LogP contribution in [-0.2, 0) is 16.6 Å². The van der Waals surface area contributed by atoms with Crippen molar-refractivity contribution in [2.24, 2.45) is 10.9 Å². The van der Waals surface area contributed by atoms with E-state index in [4.69, 9.17) is 22.2 Å². The van der Waals surface area contributed by atoms with Crippen LogP contribution in [0.4, 0.5) is 30.7 Å². The minimum absolute atomic E-state index is 0.0153. The van der Waals surface area contributed by atoms with Gasteiger partial charge in [0.2, 0.25) is 5.91 Å². The number of oxime groups is 1. The molecule has 0 unspecified atom stereocenters. The Labute approximate surface area is 191 Å². The molecule has 12 heteroatoms. The van der Waals surface area contributed by atoms with Crippen LogP contribution in [0.3, 0.4) is 0 Å². The lowest BCUT2D eigenvalue weighted by atomic mass is 9.84. The third kappa shape index (κ3) is 3.73. The van der Waals surface area contributed by atoms with E-state index in [-0.39, 0.29) is 29.0 Å². The highest BCUT2D eigenvalue weighted by Crippen LogP contribution is 2.51. The molecule has 0 bridgehead atoms. The predicted molar refractivity (Wildman–Crippen MR) is 109 cm³/mol. The molecule has 0 spiro atoms. The number of carbonyl (C=O) groups excluding carboxylic acids is 1. The minimum Gasteiger partial charge on any atom is -0.374 e. The van der Waals surface area contributed by atoms with Gasteiger partial charge in [0.1, 0.15) is 5.82 Å². The van der Waals surface area contributed by atoms with Crippen molar-refractivity contribution in [1.82, 2.24) is 0 Å². The number of carbonyl (C=O) groups is 1. The summed E-state index contributed by atoms with van der Waals surface area (Å²) in [5, 5.41) is 2.93. The maximum Gasteiger partial charge on any atom is 0.435 e. The first kappa shape index (κ1) is 23.8. The zero-order valence-corrected chi connectivity index (χ0v) is 17.4. The summed E-state index contributed by atoms with van der Waals surface area (Å²) < 4.78 is 97.2. The third-order valence-corrected chi connectivity index (χ3v) is 5.75. The SMILES string of the molecule is NC(=O)c1ccc(C2=NO[C@@](c3cc(C(F)(F)F)cc(Cl)c3F)(C(F)(F)F)C2)c2ccccc12. The molecule has 1 amide bonds. The highest BCUT2D eigenvalue weighted by Gasteiger charge is 2.64. The molecule has 1 aliphatic heterocycles. The highest BCUT2D eigenvalue weighted by atomic mass is 35.5. The lowest BCUT2D eigenvalue weighted by Crippen LogP contribution is -2.43. The van der Waals surface area contributed by atoms with Gasteiger partial charge >= 0.3 is 12.4 Å². The molecular formula is C22H12ClF7N2O2. The van der Waals surface area contributed by atoms with Gasteiger partial charge in [-0.15, -0.1) is 0 Å². The Hall–Kier alpha value is -3.34. The van der Waals surface area contributed by atoms with Crippen LogP contribution in [-0.4, -0.2) is 17.8 Å². The fourth-order valence-electron chi connectivity index (χ4n) is 3.84. The second-order valence-corrected chi connectivity index (χ2v) is 7.93. The first-order chi connectivity index (χ1) is 15.8. The van der Waals surface area contributed by atoms with Crippen LogP contribution >= 0.6 is 11.6 Å². The second kappa shape index (κ2) is 7.86. The van der Waals surface area contributed by atoms with E-state index in [2.05, 4.69) is 5.16 Å². The van der Waals surface area contributed by atoms with Crippen molar-refractivity contribution in [3.63, 3.8) is 0 Å². The number of primary amides is 1. The molecule has 0 fully saturated rings. The molecule has 4 nitrogen and oxygen atoms in total. The van der Waals surface area contributed by atoms with Crippen LogP contribution in [0.5, 0.6) is 0 Å². The molecule has 1 atom stereocenters. The summed E-state index contributed by atoms with van der Waals surface area (Å²) in [6.07, 6.45) is -11.6. The quantitative estimate of drug-likeness (QED) is 0.423. The normalized spacial score (nSPS) is 18.6. The van der Waals surface area contributed by atoms with Crippen LogP contribution in [0, 0.1) is 5.82 Å². The summed E-state index contributed by atoms with van der Waals surface area (Å²) in [5.74, 6) is -2.49. The smallest absolute Gasteiger partial charge is 0.374 e. The van der Waals surface area contributed by atoms with Crippen LogP contribution in [0.15, 0.2) is 53.7 Å². The van der Waals surface area contributed by atoms with E-state index in [1.807, 2.05) is 0 Å². The average molecular weight is 505 g/mol. The van der Waals surface area contributed by atoms with Crippen molar-refractivity contribution in [1.29, 1.82) is 0 Å². The molecule has 34 heavy (non-hydrogen) atoms. The molecule has 1 heterocycles. The van der Waals surface area contributed by atoms with Crippen LogP contribution < -0.4 is 5.73 Å². The van der Waals surface area contributed by atoms with Gasteiger partial charge in [-0.1, -0.05) is 47.1 Å². The monoisotopic (exact) mass is 504 g/mol. The fraction of sp³-hybridized carbons (Fsp3) is 0.182. The molecule has 4 rings (SSSR count). The van der Waals surface area contributed by atoms with Gasteiger partial charge in [-0.25, -0.2) is 4.39 Å². The Morgan fingerprint density at radius 3 is 2.26 bits per heavy atom. The van der Waals surface area contributed by atoms with Crippen molar-refractivity contribution in [3.05, 3.63) is 81.6 Å². The topological polar surface area (TPSA) is 64.7 Å². The van der Waals surface area contributed by atoms with Crippen molar-refractivity contribution in [2.45, 2.75) is 24.4 Å². The van der Waals surface area contributed by atoms with Gasteiger partial charge in [-0.2, -0.15) is 26.3 Å². The zero-order valence-electron chi connectivity index (χ0n) is 16.7. The van der Waals surface area contributed by atoms with Gasteiger partial charge in [-0.05, 0) is 29.0 Å². The Morgan fingerprint density at radius 1 is 1.03 bits per heavy atom. The number of amides is 1. The van der Waals surface area contributed by atoms with Crippen molar-refractivity contribution in [2.75, 3.05) is 0 Å². The number of alkyl halides is 6. The molecule has 0 saturated heterocycles. The number of hydrogen-bond donors (Lipinski definition) is 1. The molecule has 0 aromatic heterocycles. The van der Waals surface area contributed by atoms with E-state index in [1.165, 1.54) is 24.3 Å². The standard InChI is InChI=1S/C22H12ClF7N2O2/c23-16-8-10(21(25,26)27)7-15(18(16)24)20(22(28,29)30)9-17(32-34-20)13-5-6-14(19(31)33)12-4-2-1-3-11(12)13/h1-8H,9H2,(H2,31,33)/t20-/m0/s1. The van der Waals surface area contributed by atoms with E-state index in [0.29, 0.717) is 10.8 Å². The summed E-state index contributed by atoms with van der Waals surface area (Å²) in [6.45, 7) is 0. The van der Waals surface area contributed by atoms with E-state index in [9.17, 15) is 35.5 Å². The Balaban J connectivity index is 1.89.